The number of alkyl carbamates (subject to hydrolysis) is 2. The number of ether oxygens (including phenoxy) is 3. The maximum atomic E-state index is 13.6. The maximum Gasteiger partial charge on any atom is 0.413 e. The van der Waals surface area contributed by atoms with Gasteiger partial charge in [0.05, 0.1) is 0 Å². The Morgan fingerprint density at radius 3 is 2.17 bits per heavy atom. The Labute approximate surface area is 274 Å². The Bertz CT molecular complexity index is 1600. The smallest absolute Gasteiger partial charge is 0.413 e. The molecule has 1 atom stereocenters. The number of carbonyl (C=O) groups is 4. The van der Waals surface area contributed by atoms with Gasteiger partial charge in [-0.05, 0) is 97.1 Å². The number of esters is 1. The van der Waals surface area contributed by atoms with Crippen molar-refractivity contribution in [3.63, 3.8) is 0 Å². The first-order chi connectivity index (χ1) is 22.1. The topological polar surface area (TPSA) is 169 Å². The number of nitrogens with one attached hydrogen (secondary N) is 4. The van der Waals surface area contributed by atoms with Crippen molar-refractivity contribution >= 4 is 41.4 Å². The summed E-state index contributed by atoms with van der Waals surface area (Å²) in [7, 11) is 0. The van der Waals surface area contributed by atoms with E-state index in [1.807, 2.05) is 36.4 Å². The van der Waals surface area contributed by atoms with Gasteiger partial charge in [0.15, 0.2) is 0 Å². The van der Waals surface area contributed by atoms with E-state index < -0.39 is 40.9 Å². The van der Waals surface area contributed by atoms with Crippen molar-refractivity contribution in [1.29, 1.82) is 5.41 Å². The molecule has 1 aliphatic carbocycles. The molecule has 1 aliphatic rings. The zero-order valence-corrected chi connectivity index (χ0v) is 27.7. The molecule has 47 heavy (non-hydrogen) atoms. The first-order valence-electron chi connectivity index (χ1n) is 15.6. The summed E-state index contributed by atoms with van der Waals surface area (Å²) in [6.07, 6.45) is 0.935. The van der Waals surface area contributed by atoms with Crippen LogP contribution in [0.25, 0.3) is 11.0 Å². The molecule has 1 heterocycles. The predicted octanol–water partition coefficient (Wildman–Crippen LogP) is 6.27. The van der Waals surface area contributed by atoms with E-state index >= 15 is 0 Å². The fourth-order valence-electron chi connectivity index (χ4n) is 5.61. The molecule has 0 radical (unpaired) electrons. The molecule has 252 valence electrons. The number of fused-ring (bicyclic) bond motifs is 1. The second-order valence-corrected chi connectivity index (χ2v) is 13.7. The number of carbonyl (C=O) groups excluding carboxylic acids is 4. The van der Waals surface area contributed by atoms with Crippen LogP contribution < -0.4 is 16.0 Å². The van der Waals surface area contributed by atoms with E-state index in [1.165, 1.54) is 0 Å². The van der Waals surface area contributed by atoms with Gasteiger partial charge in [0.1, 0.15) is 35.0 Å². The molecule has 1 fully saturated rings. The highest BCUT2D eigenvalue weighted by Crippen LogP contribution is 2.42. The van der Waals surface area contributed by atoms with Crippen LogP contribution in [0, 0.1) is 11.3 Å². The minimum absolute atomic E-state index is 0.00161. The van der Waals surface area contributed by atoms with E-state index in [4.69, 9.17) is 24.0 Å². The van der Waals surface area contributed by atoms with Crippen molar-refractivity contribution in [1.82, 2.24) is 16.0 Å². The summed E-state index contributed by atoms with van der Waals surface area (Å²) in [5, 5.41) is 16.8. The molecule has 1 aromatic heterocycles. The quantitative estimate of drug-likeness (QED) is 0.0526. The molecular weight excluding hydrogens is 604 g/mol. The fourth-order valence-corrected chi connectivity index (χ4v) is 5.61. The molecule has 0 saturated heterocycles. The molecule has 0 spiro atoms. The highest BCUT2D eigenvalue weighted by molar-refractivity contribution is 6.06. The average Bonchev–Trinajstić information content (AvgIpc) is 3.42. The second-order valence-electron chi connectivity index (χ2n) is 13.7. The normalized spacial score (nSPS) is 17.9. The maximum absolute atomic E-state index is 13.6. The Morgan fingerprint density at radius 2 is 1.55 bits per heavy atom. The van der Waals surface area contributed by atoms with Crippen LogP contribution in [0.3, 0.4) is 0 Å². The van der Waals surface area contributed by atoms with Crippen LogP contribution in [0.5, 0.6) is 0 Å². The van der Waals surface area contributed by atoms with Gasteiger partial charge >= 0.3 is 18.2 Å². The highest BCUT2D eigenvalue weighted by Gasteiger charge is 2.51. The lowest BCUT2D eigenvalue weighted by molar-refractivity contribution is -0.169. The number of amidine groups is 1. The molecular formula is C35H44N4O8. The monoisotopic (exact) mass is 648 g/mol. The molecule has 0 aliphatic heterocycles. The Hall–Kier alpha value is -4.87. The summed E-state index contributed by atoms with van der Waals surface area (Å²) < 4.78 is 22.5. The third kappa shape index (κ3) is 9.34. The third-order valence-corrected chi connectivity index (χ3v) is 7.71. The van der Waals surface area contributed by atoms with Crippen molar-refractivity contribution in [3.05, 3.63) is 71.5 Å². The average molecular weight is 649 g/mol. The fraction of sp³-hybridized carbons (Fsp3) is 0.457. The van der Waals surface area contributed by atoms with E-state index in [1.54, 1.807) is 59.7 Å². The number of benzene rings is 2. The zero-order valence-electron chi connectivity index (χ0n) is 27.7. The SMILES string of the molecule is CC(C)(C)OC(=O)NC(NC=O)(C(=O)OC(C)(C)C)[C@H]1CC[C@H](c2cc3cc(C(=N)NC(=O)OCc4ccccc4)ccc3o2)CC1. The molecule has 12 heteroatoms. The zero-order chi connectivity index (χ0) is 34.4. The van der Waals surface area contributed by atoms with Gasteiger partial charge < -0.3 is 23.9 Å². The summed E-state index contributed by atoms with van der Waals surface area (Å²) in [6, 6.07) is 16.4. The molecule has 2 aromatic carbocycles. The summed E-state index contributed by atoms with van der Waals surface area (Å²) >= 11 is 0. The van der Waals surface area contributed by atoms with E-state index in [0.29, 0.717) is 43.2 Å². The lowest BCUT2D eigenvalue weighted by atomic mass is 9.74. The van der Waals surface area contributed by atoms with Crippen LogP contribution in [0.2, 0.25) is 0 Å². The van der Waals surface area contributed by atoms with Crippen molar-refractivity contribution in [2.24, 2.45) is 5.92 Å². The van der Waals surface area contributed by atoms with Crippen molar-refractivity contribution in [2.75, 3.05) is 0 Å². The summed E-state index contributed by atoms with van der Waals surface area (Å²) in [6.45, 7) is 10.3. The van der Waals surface area contributed by atoms with Crippen molar-refractivity contribution < 1.29 is 37.8 Å². The van der Waals surface area contributed by atoms with E-state index in [2.05, 4.69) is 16.0 Å². The number of furan rings is 1. The third-order valence-electron chi connectivity index (χ3n) is 7.71. The van der Waals surface area contributed by atoms with Gasteiger partial charge in [-0.2, -0.15) is 0 Å². The Balaban J connectivity index is 1.45. The number of hydrogen-bond acceptors (Lipinski definition) is 9. The summed E-state index contributed by atoms with van der Waals surface area (Å²) in [4.78, 5) is 50.6. The first-order valence-corrected chi connectivity index (χ1v) is 15.6. The lowest BCUT2D eigenvalue weighted by Gasteiger charge is -2.42. The van der Waals surface area contributed by atoms with Gasteiger partial charge in [-0.15, -0.1) is 0 Å². The number of hydrogen-bond donors (Lipinski definition) is 4. The van der Waals surface area contributed by atoms with Crippen LogP contribution in [-0.4, -0.2) is 47.3 Å². The lowest BCUT2D eigenvalue weighted by Crippen LogP contribution is -2.69. The van der Waals surface area contributed by atoms with Crippen LogP contribution in [0.4, 0.5) is 9.59 Å². The van der Waals surface area contributed by atoms with Crippen LogP contribution in [0.15, 0.2) is 59.0 Å². The molecule has 0 bridgehead atoms. The predicted molar refractivity (Wildman–Crippen MR) is 175 cm³/mol. The van der Waals surface area contributed by atoms with Gasteiger partial charge in [-0.1, -0.05) is 30.3 Å². The van der Waals surface area contributed by atoms with E-state index in [9.17, 15) is 19.2 Å². The Morgan fingerprint density at radius 1 is 0.894 bits per heavy atom. The molecule has 3 amide bonds. The van der Waals surface area contributed by atoms with E-state index in [-0.39, 0.29) is 18.4 Å². The van der Waals surface area contributed by atoms with Crippen molar-refractivity contribution in [3.8, 4) is 0 Å². The molecule has 12 nitrogen and oxygen atoms in total. The van der Waals surface area contributed by atoms with Gasteiger partial charge in [-0.3, -0.25) is 20.8 Å². The molecule has 4 N–H and O–H groups in total. The van der Waals surface area contributed by atoms with Gasteiger partial charge in [-0.25, -0.2) is 14.4 Å². The summed E-state index contributed by atoms with van der Waals surface area (Å²) in [5.74, 6) is -0.629. The van der Waals surface area contributed by atoms with Gasteiger partial charge in [0.2, 0.25) is 12.1 Å². The van der Waals surface area contributed by atoms with Crippen LogP contribution in [0.1, 0.15) is 90.0 Å². The molecule has 1 unspecified atom stereocenters. The van der Waals surface area contributed by atoms with Crippen LogP contribution >= 0.6 is 0 Å². The van der Waals surface area contributed by atoms with Gasteiger partial charge in [0, 0.05) is 22.8 Å². The number of amides is 3. The molecule has 3 aromatic rings. The minimum Gasteiger partial charge on any atom is -0.461 e. The van der Waals surface area contributed by atoms with Crippen molar-refractivity contribution in [2.45, 2.75) is 96.6 Å². The molecule has 1 saturated carbocycles. The minimum atomic E-state index is -1.83. The Kier molecular flexibility index (Phi) is 10.6. The van der Waals surface area contributed by atoms with Gasteiger partial charge in [0.25, 0.3) is 0 Å². The highest BCUT2D eigenvalue weighted by atomic mass is 16.6. The van der Waals surface area contributed by atoms with E-state index in [0.717, 1.165) is 16.7 Å². The first kappa shape index (κ1) is 35.0. The second kappa shape index (κ2) is 14.3. The standard InChI is InChI=1S/C35H44N4O8/c1-33(2,3)46-30(41)35(37-21-40,39-32(43)47-34(4,5)6)26-15-12-23(13-16-26)28-19-25-18-24(14-17-27(25)45-28)29(36)38-31(42)44-20-22-10-8-7-9-11-22/h7-11,14,17-19,21,23,26H,12-13,15-16,20H2,1-6H3,(H,37,40)(H,39,43)(H2,36,38,42)/t23-,26-,35?. The molecule has 4 rings (SSSR count). The largest absolute Gasteiger partial charge is 0.461 e. The van der Waals surface area contributed by atoms with Crippen LogP contribution in [-0.2, 0) is 30.4 Å². The number of rotatable bonds is 9. The summed E-state index contributed by atoms with van der Waals surface area (Å²) in [5.41, 5.74) is -1.58.